The summed E-state index contributed by atoms with van der Waals surface area (Å²) in [5.41, 5.74) is 3.75. The Balaban J connectivity index is 2.77. The molecule has 0 saturated heterocycles. The van der Waals surface area contributed by atoms with Crippen molar-refractivity contribution in [1.29, 1.82) is 10.5 Å². The van der Waals surface area contributed by atoms with Gasteiger partial charge in [-0.2, -0.15) is 23.7 Å². The zero-order valence-electron chi connectivity index (χ0n) is 9.17. The van der Waals surface area contributed by atoms with E-state index in [1.165, 1.54) is 6.07 Å². The van der Waals surface area contributed by atoms with E-state index in [2.05, 4.69) is 0 Å². The number of hydrogen-bond acceptors (Lipinski definition) is 3. The van der Waals surface area contributed by atoms with E-state index in [-0.39, 0.29) is 17.2 Å². The number of benzene rings is 1. The zero-order chi connectivity index (χ0) is 13.5. The summed E-state index contributed by atoms with van der Waals surface area (Å²) in [6.07, 6.45) is -3.15. The molecule has 0 spiro atoms. The van der Waals surface area contributed by atoms with Gasteiger partial charge in [0.05, 0.1) is 22.4 Å². The lowest BCUT2D eigenvalue weighted by atomic mass is 9.94. The smallest absolute Gasteiger partial charge is 0.397 e. The molecule has 92 valence electrons. The number of nitrogens with two attached hydrogens (primary N) is 1. The minimum Gasteiger partial charge on any atom is -0.397 e. The molecule has 1 saturated carbocycles. The van der Waals surface area contributed by atoms with E-state index in [9.17, 15) is 13.2 Å². The van der Waals surface area contributed by atoms with Crippen molar-refractivity contribution >= 4 is 5.69 Å². The predicted molar refractivity (Wildman–Crippen MR) is 57.3 cm³/mol. The summed E-state index contributed by atoms with van der Waals surface area (Å²) in [6, 6.07) is 4.12. The zero-order valence-corrected chi connectivity index (χ0v) is 9.17. The molecule has 0 atom stereocenters. The van der Waals surface area contributed by atoms with Crippen LogP contribution in [-0.4, -0.2) is 0 Å². The quantitative estimate of drug-likeness (QED) is 0.780. The lowest BCUT2D eigenvalue weighted by molar-refractivity contribution is -0.137. The number of alkyl halides is 3. The maximum Gasteiger partial charge on any atom is 0.417 e. The molecule has 0 radical (unpaired) electrons. The molecule has 0 amide bonds. The molecule has 1 aliphatic carbocycles. The second-order valence-electron chi connectivity index (χ2n) is 4.17. The normalized spacial score (nSPS) is 14.9. The SMILES string of the molecule is N#Cc1c(C2CC2)cc(C(F)(F)F)c(C#N)c1N. The molecule has 6 heteroatoms. The molecule has 0 aliphatic heterocycles. The topological polar surface area (TPSA) is 73.6 Å². The van der Waals surface area contributed by atoms with Crippen LogP contribution in [0.1, 0.15) is 41.0 Å². The summed E-state index contributed by atoms with van der Waals surface area (Å²) in [6.45, 7) is 0. The summed E-state index contributed by atoms with van der Waals surface area (Å²) < 4.78 is 38.5. The lowest BCUT2D eigenvalue weighted by Gasteiger charge is -2.14. The van der Waals surface area contributed by atoms with Gasteiger partial charge in [0.2, 0.25) is 0 Å². The lowest BCUT2D eigenvalue weighted by Crippen LogP contribution is -2.12. The third kappa shape index (κ3) is 1.86. The van der Waals surface area contributed by atoms with Crippen LogP contribution in [-0.2, 0) is 6.18 Å². The van der Waals surface area contributed by atoms with Crippen LogP contribution in [0.2, 0.25) is 0 Å². The number of nitrogens with zero attached hydrogens (tertiary/aromatic N) is 2. The predicted octanol–water partition coefficient (Wildman–Crippen LogP) is 2.91. The fourth-order valence-corrected chi connectivity index (χ4v) is 1.91. The van der Waals surface area contributed by atoms with Crippen LogP contribution in [0, 0.1) is 22.7 Å². The summed E-state index contributed by atoms with van der Waals surface area (Å²) in [5, 5.41) is 17.8. The van der Waals surface area contributed by atoms with Crippen LogP contribution in [0.25, 0.3) is 0 Å². The Morgan fingerprint density at radius 2 is 1.72 bits per heavy atom. The number of anilines is 1. The fraction of sp³-hybridized carbons (Fsp3) is 0.333. The second-order valence-corrected chi connectivity index (χ2v) is 4.17. The van der Waals surface area contributed by atoms with Gasteiger partial charge in [0.1, 0.15) is 12.1 Å². The first-order valence-corrected chi connectivity index (χ1v) is 5.24. The first-order chi connectivity index (χ1) is 8.40. The summed E-state index contributed by atoms with van der Waals surface area (Å²) in [4.78, 5) is 0. The Kier molecular flexibility index (Phi) is 2.67. The van der Waals surface area contributed by atoms with Crippen molar-refractivity contribution in [2.75, 3.05) is 5.73 Å². The van der Waals surface area contributed by atoms with Crippen LogP contribution in [0.3, 0.4) is 0 Å². The fourth-order valence-electron chi connectivity index (χ4n) is 1.91. The number of nitriles is 2. The van der Waals surface area contributed by atoms with Crippen LogP contribution >= 0.6 is 0 Å². The molecule has 0 aromatic heterocycles. The Hall–Kier alpha value is -2.21. The molecule has 1 aromatic rings. The number of hydrogen-bond donors (Lipinski definition) is 1. The summed E-state index contributed by atoms with van der Waals surface area (Å²) >= 11 is 0. The third-order valence-corrected chi connectivity index (χ3v) is 2.94. The minimum absolute atomic E-state index is 0.00190. The van der Waals surface area contributed by atoms with Gasteiger partial charge < -0.3 is 5.73 Å². The van der Waals surface area contributed by atoms with Gasteiger partial charge in [0.25, 0.3) is 0 Å². The second kappa shape index (κ2) is 3.92. The van der Waals surface area contributed by atoms with Gasteiger partial charge in [-0.1, -0.05) is 0 Å². The van der Waals surface area contributed by atoms with E-state index in [0.29, 0.717) is 5.56 Å². The van der Waals surface area contributed by atoms with Crippen molar-refractivity contribution < 1.29 is 13.2 Å². The van der Waals surface area contributed by atoms with Gasteiger partial charge in [-0.15, -0.1) is 0 Å². The highest BCUT2D eigenvalue weighted by molar-refractivity contribution is 5.70. The molecule has 3 nitrogen and oxygen atoms in total. The van der Waals surface area contributed by atoms with Crippen molar-refractivity contribution in [2.24, 2.45) is 0 Å². The van der Waals surface area contributed by atoms with E-state index in [1.54, 1.807) is 6.07 Å². The van der Waals surface area contributed by atoms with Gasteiger partial charge in [-0.25, -0.2) is 0 Å². The van der Waals surface area contributed by atoms with E-state index in [1.807, 2.05) is 0 Å². The van der Waals surface area contributed by atoms with Gasteiger partial charge in [-0.3, -0.25) is 0 Å². The van der Waals surface area contributed by atoms with Crippen molar-refractivity contribution in [2.45, 2.75) is 24.9 Å². The molecule has 1 aromatic carbocycles. The first-order valence-electron chi connectivity index (χ1n) is 5.24. The van der Waals surface area contributed by atoms with E-state index in [4.69, 9.17) is 16.3 Å². The first kappa shape index (κ1) is 12.3. The highest BCUT2D eigenvalue weighted by Gasteiger charge is 2.38. The standard InChI is InChI=1S/C12H8F3N3/c13-12(14,15)10-3-7(6-1-2-6)8(4-16)11(18)9(10)5-17/h3,6H,1-2,18H2. The van der Waals surface area contributed by atoms with Crippen LogP contribution in [0.5, 0.6) is 0 Å². The maximum absolute atomic E-state index is 12.8. The molecule has 18 heavy (non-hydrogen) atoms. The molecule has 1 fully saturated rings. The van der Waals surface area contributed by atoms with E-state index < -0.39 is 17.3 Å². The van der Waals surface area contributed by atoms with Crippen molar-refractivity contribution in [3.05, 3.63) is 28.3 Å². The number of halogens is 3. The van der Waals surface area contributed by atoms with E-state index >= 15 is 0 Å². The van der Waals surface area contributed by atoms with E-state index in [0.717, 1.165) is 18.9 Å². The molecule has 2 rings (SSSR count). The average Bonchev–Trinajstić information content (AvgIpc) is 3.10. The minimum atomic E-state index is -4.64. The maximum atomic E-state index is 12.8. The number of rotatable bonds is 1. The average molecular weight is 251 g/mol. The molecular formula is C12H8F3N3. The van der Waals surface area contributed by atoms with Crippen molar-refractivity contribution in [3.8, 4) is 12.1 Å². The monoisotopic (exact) mass is 251 g/mol. The largest absolute Gasteiger partial charge is 0.417 e. The van der Waals surface area contributed by atoms with Crippen LogP contribution < -0.4 is 5.73 Å². The van der Waals surface area contributed by atoms with Crippen molar-refractivity contribution in [3.63, 3.8) is 0 Å². The molecule has 0 unspecified atom stereocenters. The highest BCUT2D eigenvalue weighted by Crippen LogP contribution is 2.46. The van der Waals surface area contributed by atoms with Gasteiger partial charge in [0, 0.05) is 0 Å². The molecule has 0 bridgehead atoms. The Morgan fingerprint density at radius 3 is 2.11 bits per heavy atom. The van der Waals surface area contributed by atoms with Gasteiger partial charge >= 0.3 is 6.18 Å². The van der Waals surface area contributed by atoms with Gasteiger partial charge in [0.15, 0.2) is 0 Å². The molecule has 2 N–H and O–H groups in total. The van der Waals surface area contributed by atoms with Crippen LogP contribution in [0.15, 0.2) is 6.07 Å². The third-order valence-electron chi connectivity index (χ3n) is 2.94. The summed E-state index contributed by atoms with van der Waals surface area (Å²) in [5.74, 6) is -0.0456. The molecular weight excluding hydrogens is 243 g/mol. The molecule has 1 aliphatic rings. The Bertz CT molecular complexity index is 587. The Labute approximate surface area is 101 Å². The number of nitrogen functional groups attached to an aromatic ring is 1. The Morgan fingerprint density at radius 1 is 1.17 bits per heavy atom. The van der Waals surface area contributed by atoms with Crippen LogP contribution in [0.4, 0.5) is 18.9 Å². The van der Waals surface area contributed by atoms with Crippen molar-refractivity contribution in [1.82, 2.24) is 0 Å². The highest BCUT2D eigenvalue weighted by atomic mass is 19.4. The summed E-state index contributed by atoms with van der Waals surface area (Å²) in [7, 11) is 0. The molecule has 0 heterocycles. The van der Waals surface area contributed by atoms with Gasteiger partial charge in [-0.05, 0) is 30.4 Å².